The van der Waals surface area contributed by atoms with Gasteiger partial charge < -0.3 is 19.8 Å². The van der Waals surface area contributed by atoms with Gasteiger partial charge in [-0.05, 0) is 38.5 Å². The van der Waals surface area contributed by atoms with E-state index in [1.54, 1.807) is 13.8 Å². The molecule has 138 valence electrons. The smallest absolute Gasteiger partial charge is 0.344 e. The maximum absolute atomic E-state index is 12.1. The fourth-order valence-electron chi connectivity index (χ4n) is 2.12. The summed E-state index contributed by atoms with van der Waals surface area (Å²) in [6.07, 6.45) is 1.38. The van der Waals surface area contributed by atoms with Gasteiger partial charge in [-0.1, -0.05) is 0 Å². The summed E-state index contributed by atoms with van der Waals surface area (Å²) < 4.78 is 9.85. The molecule has 2 heterocycles. The molecule has 0 bridgehead atoms. The number of esters is 2. The lowest BCUT2D eigenvalue weighted by Gasteiger charge is -2.07. The minimum atomic E-state index is -0.911. The fourth-order valence-corrected chi connectivity index (χ4v) is 3.18. The van der Waals surface area contributed by atoms with Crippen LogP contribution < -0.4 is 10.9 Å². The van der Waals surface area contributed by atoms with Crippen LogP contribution in [0.5, 0.6) is 0 Å². The van der Waals surface area contributed by atoms with Crippen molar-refractivity contribution in [1.29, 1.82) is 0 Å². The molecule has 0 saturated heterocycles. The number of rotatable bonds is 6. The molecule has 2 N–H and O–H groups in total. The van der Waals surface area contributed by atoms with Crippen LogP contribution >= 0.6 is 11.3 Å². The van der Waals surface area contributed by atoms with Crippen LogP contribution in [0.15, 0.2) is 23.1 Å². The van der Waals surface area contributed by atoms with E-state index in [1.165, 1.54) is 29.7 Å². The molecule has 2 aromatic heterocycles. The molecular formula is C17H18N2O6S. The van der Waals surface area contributed by atoms with E-state index in [0.717, 1.165) is 10.4 Å². The van der Waals surface area contributed by atoms with Crippen molar-refractivity contribution < 1.29 is 23.9 Å². The molecule has 0 aromatic carbocycles. The van der Waals surface area contributed by atoms with Crippen LogP contribution in [0.1, 0.15) is 38.1 Å². The normalized spacial score (nSPS) is 10.3. The Kier molecular flexibility index (Phi) is 6.29. The lowest BCUT2D eigenvalue weighted by molar-refractivity contribution is -0.119. The minimum absolute atomic E-state index is 0.199. The third kappa shape index (κ3) is 4.37. The Bertz CT molecular complexity index is 899. The number of carbonyl (C=O) groups is 3. The van der Waals surface area contributed by atoms with Crippen LogP contribution in [0.4, 0.5) is 5.00 Å². The predicted octanol–water partition coefficient (Wildman–Crippen LogP) is 2.03. The number of aromatic nitrogens is 1. The van der Waals surface area contributed by atoms with Crippen molar-refractivity contribution in [1.82, 2.24) is 4.98 Å². The van der Waals surface area contributed by atoms with Gasteiger partial charge in [-0.3, -0.25) is 9.59 Å². The Morgan fingerprint density at radius 3 is 2.58 bits per heavy atom. The summed E-state index contributed by atoms with van der Waals surface area (Å²) in [5.41, 5.74) is 0.201. The van der Waals surface area contributed by atoms with E-state index in [1.807, 2.05) is 6.92 Å². The van der Waals surface area contributed by atoms with E-state index in [4.69, 9.17) is 9.47 Å². The highest BCUT2D eigenvalue weighted by molar-refractivity contribution is 7.16. The van der Waals surface area contributed by atoms with E-state index in [-0.39, 0.29) is 17.7 Å². The molecule has 2 rings (SSSR count). The molecule has 0 unspecified atom stereocenters. The second-order valence-electron chi connectivity index (χ2n) is 5.25. The average Bonchev–Trinajstić information content (AvgIpc) is 2.87. The van der Waals surface area contributed by atoms with E-state index < -0.39 is 30.0 Å². The molecule has 2 aromatic rings. The number of amides is 1. The third-order valence-corrected chi connectivity index (χ3v) is 4.61. The Labute approximate surface area is 153 Å². The zero-order chi connectivity index (χ0) is 19.3. The molecule has 0 aliphatic heterocycles. The van der Waals surface area contributed by atoms with Crippen molar-refractivity contribution >= 4 is 34.2 Å². The molecule has 0 saturated carbocycles. The summed E-state index contributed by atoms with van der Waals surface area (Å²) in [7, 11) is 0. The van der Waals surface area contributed by atoms with Gasteiger partial charge in [-0.2, -0.15) is 0 Å². The number of thiophene rings is 1. The van der Waals surface area contributed by atoms with Gasteiger partial charge in [0.1, 0.15) is 10.6 Å². The highest BCUT2D eigenvalue weighted by Gasteiger charge is 2.22. The number of ether oxygens (including phenoxy) is 2. The van der Waals surface area contributed by atoms with E-state index in [9.17, 15) is 19.2 Å². The van der Waals surface area contributed by atoms with E-state index in [2.05, 4.69) is 10.3 Å². The Balaban J connectivity index is 2.05. The molecule has 0 spiro atoms. The van der Waals surface area contributed by atoms with Gasteiger partial charge in [0.2, 0.25) is 0 Å². The van der Waals surface area contributed by atoms with Crippen LogP contribution in [-0.2, 0) is 14.3 Å². The first-order chi connectivity index (χ1) is 12.3. The maximum Gasteiger partial charge on any atom is 0.344 e. The standard InChI is InChI=1S/C17H18N2O6S/c1-4-24-17(23)13-9(2)10(3)26-15(13)19-12(20)8-25-16(22)11-6-5-7-18-14(11)21/h5-7H,4,8H2,1-3H3,(H,18,21)(H,19,20). The fraction of sp³-hybridized carbons (Fsp3) is 0.294. The minimum Gasteiger partial charge on any atom is -0.462 e. The molecule has 0 atom stereocenters. The van der Waals surface area contributed by atoms with Crippen molar-refractivity contribution in [2.24, 2.45) is 0 Å². The Morgan fingerprint density at radius 2 is 1.92 bits per heavy atom. The first kappa shape index (κ1) is 19.4. The first-order valence-electron chi connectivity index (χ1n) is 7.77. The maximum atomic E-state index is 12.1. The Hall–Kier alpha value is -2.94. The summed E-state index contributed by atoms with van der Waals surface area (Å²) in [4.78, 5) is 50.7. The SMILES string of the molecule is CCOC(=O)c1c(NC(=O)COC(=O)c2ccc[nH]c2=O)sc(C)c1C. The van der Waals surface area contributed by atoms with Crippen molar-refractivity contribution in [3.8, 4) is 0 Å². The molecule has 8 nitrogen and oxygen atoms in total. The topological polar surface area (TPSA) is 115 Å². The lowest BCUT2D eigenvalue weighted by atomic mass is 10.1. The van der Waals surface area contributed by atoms with Crippen molar-refractivity contribution in [3.05, 3.63) is 50.3 Å². The number of anilines is 1. The zero-order valence-electron chi connectivity index (χ0n) is 14.5. The molecule has 9 heteroatoms. The Morgan fingerprint density at radius 1 is 1.19 bits per heavy atom. The molecule has 0 aliphatic carbocycles. The summed E-state index contributed by atoms with van der Waals surface area (Å²) in [5, 5.41) is 2.88. The van der Waals surface area contributed by atoms with Crippen LogP contribution in [-0.4, -0.2) is 36.0 Å². The van der Waals surface area contributed by atoms with Crippen LogP contribution in [0, 0.1) is 13.8 Å². The van der Waals surface area contributed by atoms with Gasteiger partial charge in [-0.15, -0.1) is 11.3 Å². The molecule has 26 heavy (non-hydrogen) atoms. The van der Waals surface area contributed by atoms with Crippen LogP contribution in [0.2, 0.25) is 0 Å². The molecular weight excluding hydrogens is 360 g/mol. The number of aromatic amines is 1. The molecule has 1 amide bonds. The molecule has 0 aliphatic rings. The van der Waals surface area contributed by atoms with E-state index in [0.29, 0.717) is 5.00 Å². The number of hydrogen-bond donors (Lipinski definition) is 2. The van der Waals surface area contributed by atoms with Crippen LogP contribution in [0.25, 0.3) is 0 Å². The van der Waals surface area contributed by atoms with Crippen molar-refractivity contribution in [3.63, 3.8) is 0 Å². The van der Waals surface area contributed by atoms with Crippen LogP contribution in [0.3, 0.4) is 0 Å². The zero-order valence-corrected chi connectivity index (χ0v) is 15.3. The predicted molar refractivity (Wildman–Crippen MR) is 95.7 cm³/mol. The molecule has 0 fully saturated rings. The van der Waals surface area contributed by atoms with Gasteiger partial charge >= 0.3 is 11.9 Å². The van der Waals surface area contributed by atoms with Crippen molar-refractivity contribution in [2.75, 3.05) is 18.5 Å². The number of hydrogen-bond acceptors (Lipinski definition) is 7. The van der Waals surface area contributed by atoms with Gasteiger partial charge in [0.05, 0.1) is 12.2 Å². The van der Waals surface area contributed by atoms with E-state index >= 15 is 0 Å². The third-order valence-electron chi connectivity index (χ3n) is 3.49. The lowest BCUT2D eigenvalue weighted by Crippen LogP contribution is -2.24. The number of nitrogens with one attached hydrogen (secondary N) is 2. The largest absolute Gasteiger partial charge is 0.462 e. The summed E-state index contributed by atoms with van der Waals surface area (Å²) in [6.45, 7) is 4.89. The van der Waals surface area contributed by atoms with Crippen molar-refractivity contribution in [2.45, 2.75) is 20.8 Å². The summed E-state index contributed by atoms with van der Waals surface area (Å²) in [5.74, 6) is -2.07. The quantitative estimate of drug-likeness (QED) is 0.743. The molecule has 0 radical (unpaired) electrons. The number of H-pyrrole nitrogens is 1. The number of aryl methyl sites for hydroxylation is 1. The summed E-state index contributed by atoms with van der Waals surface area (Å²) >= 11 is 1.23. The second kappa shape index (κ2) is 8.43. The second-order valence-corrected chi connectivity index (χ2v) is 6.47. The summed E-state index contributed by atoms with van der Waals surface area (Å²) in [6, 6.07) is 2.77. The average molecular weight is 378 g/mol. The van der Waals surface area contributed by atoms with Gasteiger partial charge in [0.25, 0.3) is 11.5 Å². The number of carbonyl (C=O) groups excluding carboxylic acids is 3. The highest BCUT2D eigenvalue weighted by Crippen LogP contribution is 2.32. The van der Waals surface area contributed by atoms with Gasteiger partial charge in [0.15, 0.2) is 6.61 Å². The first-order valence-corrected chi connectivity index (χ1v) is 8.58. The highest BCUT2D eigenvalue weighted by atomic mass is 32.1. The van der Waals surface area contributed by atoms with Gasteiger partial charge in [-0.25, -0.2) is 9.59 Å². The monoisotopic (exact) mass is 378 g/mol. The van der Waals surface area contributed by atoms with Gasteiger partial charge in [0, 0.05) is 11.1 Å². The number of pyridine rings is 1.